The smallest absolute Gasteiger partial charge is 0.256 e. The van der Waals surface area contributed by atoms with Crippen LogP contribution in [-0.4, -0.2) is 60.1 Å². The van der Waals surface area contributed by atoms with Gasteiger partial charge in [-0.05, 0) is 32.0 Å². The van der Waals surface area contributed by atoms with Crippen molar-refractivity contribution >= 4 is 28.3 Å². The highest BCUT2D eigenvalue weighted by molar-refractivity contribution is 6.07. The van der Waals surface area contributed by atoms with E-state index in [0.29, 0.717) is 48.7 Å². The van der Waals surface area contributed by atoms with Crippen LogP contribution in [0.4, 0.5) is 15.9 Å². The zero-order valence-electron chi connectivity index (χ0n) is 17.4. The molecule has 1 aromatic carbocycles. The molecule has 3 aromatic rings. The van der Waals surface area contributed by atoms with Crippen molar-refractivity contribution in [2.24, 2.45) is 0 Å². The number of piperazine rings is 1. The lowest BCUT2D eigenvalue weighted by Gasteiger charge is -2.36. The van der Waals surface area contributed by atoms with E-state index in [1.165, 1.54) is 13.2 Å². The zero-order valence-corrected chi connectivity index (χ0v) is 17.4. The number of nitrogens with zero attached hydrogens (tertiary/aromatic N) is 3. The summed E-state index contributed by atoms with van der Waals surface area (Å²) in [5, 5.41) is 3.99. The number of methoxy groups -OCH3 is 1. The number of aromatic amines is 1. The fourth-order valence-corrected chi connectivity index (χ4v) is 3.82. The van der Waals surface area contributed by atoms with Crippen molar-refractivity contribution in [2.75, 3.05) is 43.5 Å². The van der Waals surface area contributed by atoms with Crippen molar-refractivity contribution in [1.29, 1.82) is 0 Å². The molecule has 0 spiro atoms. The highest BCUT2D eigenvalue weighted by atomic mass is 19.1. The fraction of sp³-hybridized carbons (Fsp3) is 0.364. The first-order valence-electron chi connectivity index (χ1n) is 10.1. The summed E-state index contributed by atoms with van der Waals surface area (Å²) >= 11 is 0. The van der Waals surface area contributed by atoms with E-state index in [-0.39, 0.29) is 11.7 Å². The molecule has 2 N–H and O–H groups in total. The average Bonchev–Trinajstić information content (AvgIpc) is 3.15. The maximum Gasteiger partial charge on any atom is 0.256 e. The third-order valence-corrected chi connectivity index (χ3v) is 5.28. The van der Waals surface area contributed by atoms with Crippen molar-refractivity contribution in [2.45, 2.75) is 19.9 Å². The number of carbonyl (C=O) groups excluding carboxylic acids is 1. The Bertz CT molecular complexity index is 1060. The van der Waals surface area contributed by atoms with Crippen LogP contribution in [0.5, 0.6) is 5.75 Å². The van der Waals surface area contributed by atoms with Crippen molar-refractivity contribution in [3.8, 4) is 5.75 Å². The number of fused-ring (bicyclic) bond motifs is 1. The van der Waals surface area contributed by atoms with Gasteiger partial charge in [0.05, 0.1) is 23.9 Å². The van der Waals surface area contributed by atoms with Gasteiger partial charge in [-0.3, -0.25) is 4.79 Å². The van der Waals surface area contributed by atoms with Crippen LogP contribution in [-0.2, 0) is 0 Å². The number of nitrogens with one attached hydrogen (secondary N) is 2. The molecule has 3 heterocycles. The fourth-order valence-electron chi connectivity index (χ4n) is 3.82. The summed E-state index contributed by atoms with van der Waals surface area (Å²) in [6.07, 6.45) is 3.43. The topological polar surface area (TPSA) is 73.5 Å². The molecule has 2 aromatic heterocycles. The van der Waals surface area contributed by atoms with Crippen molar-refractivity contribution in [1.82, 2.24) is 14.9 Å². The molecule has 1 aliphatic heterocycles. The molecular weight excluding hydrogens is 385 g/mol. The van der Waals surface area contributed by atoms with Crippen LogP contribution >= 0.6 is 0 Å². The SMILES string of the molecule is COc1cc2[nH]cc(C(=O)N3CCN(c4ncccc4NC(C)C)CC3)c2cc1F. The second kappa shape index (κ2) is 8.22. The first kappa shape index (κ1) is 20.0. The molecule has 8 heteroatoms. The monoisotopic (exact) mass is 411 g/mol. The van der Waals surface area contributed by atoms with Gasteiger partial charge in [-0.25, -0.2) is 9.37 Å². The van der Waals surface area contributed by atoms with E-state index in [0.717, 1.165) is 11.5 Å². The molecule has 0 saturated carbocycles. The van der Waals surface area contributed by atoms with Gasteiger partial charge in [-0.1, -0.05) is 0 Å². The predicted molar refractivity (Wildman–Crippen MR) is 116 cm³/mol. The zero-order chi connectivity index (χ0) is 21.3. The molecule has 1 amide bonds. The third kappa shape index (κ3) is 3.77. The van der Waals surface area contributed by atoms with Gasteiger partial charge in [0.1, 0.15) is 0 Å². The standard InChI is InChI=1S/C22H26FN5O2/c1-14(2)26-18-5-4-6-24-21(18)27-7-9-28(10-8-27)22(29)16-13-25-19-12-20(30-3)17(23)11-15(16)19/h4-6,11-14,25-26H,7-10H2,1-3H3. The highest BCUT2D eigenvalue weighted by Crippen LogP contribution is 2.28. The Morgan fingerprint density at radius 3 is 2.73 bits per heavy atom. The van der Waals surface area contributed by atoms with Gasteiger partial charge in [0.15, 0.2) is 17.4 Å². The lowest BCUT2D eigenvalue weighted by molar-refractivity contribution is 0.0748. The molecule has 0 unspecified atom stereocenters. The quantitative estimate of drug-likeness (QED) is 0.672. The highest BCUT2D eigenvalue weighted by Gasteiger charge is 2.26. The Labute approximate surface area is 174 Å². The number of aromatic nitrogens is 2. The van der Waals surface area contributed by atoms with E-state index in [1.807, 2.05) is 12.1 Å². The van der Waals surface area contributed by atoms with Gasteiger partial charge in [-0.15, -0.1) is 0 Å². The van der Waals surface area contributed by atoms with E-state index >= 15 is 0 Å². The average molecular weight is 411 g/mol. The normalized spacial score (nSPS) is 14.4. The minimum atomic E-state index is -0.483. The lowest BCUT2D eigenvalue weighted by Crippen LogP contribution is -2.49. The minimum Gasteiger partial charge on any atom is -0.494 e. The van der Waals surface area contributed by atoms with Crippen LogP contribution in [0, 0.1) is 5.82 Å². The second-order valence-electron chi connectivity index (χ2n) is 7.69. The molecule has 0 aliphatic carbocycles. The van der Waals surface area contributed by atoms with Gasteiger partial charge < -0.3 is 24.8 Å². The van der Waals surface area contributed by atoms with Crippen LogP contribution in [0.1, 0.15) is 24.2 Å². The molecule has 0 bridgehead atoms. The maximum atomic E-state index is 14.2. The van der Waals surface area contributed by atoms with E-state index in [4.69, 9.17) is 4.74 Å². The number of rotatable bonds is 5. The molecule has 158 valence electrons. The molecule has 1 saturated heterocycles. The molecule has 4 rings (SSSR count). The number of pyridine rings is 1. The maximum absolute atomic E-state index is 14.2. The number of anilines is 2. The van der Waals surface area contributed by atoms with Crippen LogP contribution in [0.15, 0.2) is 36.7 Å². The van der Waals surface area contributed by atoms with Crippen molar-refractivity contribution < 1.29 is 13.9 Å². The summed E-state index contributed by atoms with van der Waals surface area (Å²) in [7, 11) is 1.42. The largest absolute Gasteiger partial charge is 0.494 e. The Kier molecular flexibility index (Phi) is 5.48. The second-order valence-corrected chi connectivity index (χ2v) is 7.69. The number of halogens is 1. The predicted octanol–water partition coefficient (Wildman–Crippen LogP) is 3.49. The number of hydrogen-bond acceptors (Lipinski definition) is 5. The first-order chi connectivity index (χ1) is 14.5. The van der Waals surface area contributed by atoms with Crippen molar-refractivity contribution in [3.63, 3.8) is 0 Å². The number of carbonyl (C=O) groups is 1. The Morgan fingerprint density at radius 2 is 2.03 bits per heavy atom. The van der Waals surface area contributed by atoms with Gasteiger partial charge in [0.2, 0.25) is 0 Å². The number of ether oxygens (including phenoxy) is 1. The molecule has 30 heavy (non-hydrogen) atoms. The Balaban J connectivity index is 1.49. The summed E-state index contributed by atoms with van der Waals surface area (Å²) in [6.45, 7) is 6.68. The number of benzene rings is 1. The third-order valence-electron chi connectivity index (χ3n) is 5.28. The summed E-state index contributed by atoms with van der Waals surface area (Å²) in [6, 6.07) is 7.17. The van der Waals surface area contributed by atoms with Crippen LogP contribution < -0.4 is 15.0 Å². The minimum absolute atomic E-state index is 0.105. The molecule has 0 radical (unpaired) electrons. The first-order valence-corrected chi connectivity index (χ1v) is 10.1. The summed E-state index contributed by atoms with van der Waals surface area (Å²) in [5.41, 5.74) is 2.14. The summed E-state index contributed by atoms with van der Waals surface area (Å²) < 4.78 is 19.2. The van der Waals surface area contributed by atoms with E-state index < -0.39 is 5.82 Å². The Hall–Kier alpha value is -3.29. The molecule has 1 aliphatic rings. The van der Waals surface area contributed by atoms with Gasteiger partial charge >= 0.3 is 0 Å². The molecule has 0 atom stereocenters. The molecule has 7 nitrogen and oxygen atoms in total. The van der Waals surface area contributed by atoms with E-state index in [1.54, 1.807) is 23.4 Å². The van der Waals surface area contributed by atoms with Crippen molar-refractivity contribution in [3.05, 3.63) is 48.0 Å². The number of amides is 1. The van der Waals surface area contributed by atoms with E-state index in [9.17, 15) is 9.18 Å². The van der Waals surface area contributed by atoms with Gasteiger partial charge in [-0.2, -0.15) is 0 Å². The van der Waals surface area contributed by atoms with Gasteiger partial charge in [0.25, 0.3) is 5.91 Å². The number of hydrogen-bond donors (Lipinski definition) is 2. The van der Waals surface area contributed by atoms with E-state index in [2.05, 4.69) is 34.0 Å². The van der Waals surface area contributed by atoms with Gasteiger partial charge in [0, 0.05) is 56.1 Å². The lowest BCUT2D eigenvalue weighted by atomic mass is 10.1. The number of H-pyrrole nitrogens is 1. The molecule has 1 fully saturated rings. The van der Waals surface area contributed by atoms with Crippen LogP contribution in [0.3, 0.4) is 0 Å². The van der Waals surface area contributed by atoms with Crippen LogP contribution in [0.2, 0.25) is 0 Å². The molecular formula is C22H26FN5O2. The van der Waals surface area contributed by atoms with Crippen LogP contribution in [0.25, 0.3) is 10.9 Å². The Morgan fingerprint density at radius 1 is 1.27 bits per heavy atom. The summed E-state index contributed by atoms with van der Waals surface area (Å²) in [5.74, 6) is 0.466. The summed E-state index contributed by atoms with van der Waals surface area (Å²) in [4.78, 5) is 24.7.